The summed E-state index contributed by atoms with van der Waals surface area (Å²) >= 11 is 0. The van der Waals surface area contributed by atoms with Gasteiger partial charge in [-0.2, -0.15) is 0 Å². The van der Waals surface area contributed by atoms with Crippen LogP contribution in [-0.2, 0) is 11.3 Å². The van der Waals surface area contributed by atoms with Crippen molar-refractivity contribution >= 4 is 17.5 Å². The lowest BCUT2D eigenvalue weighted by Gasteiger charge is -2.09. The molecule has 0 fully saturated rings. The Labute approximate surface area is 123 Å². The minimum atomic E-state index is -0.141. The highest BCUT2D eigenvalue weighted by molar-refractivity contribution is 5.92. The van der Waals surface area contributed by atoms with E-state index >= 15 is 0 Å². The topological polar surface area (TPSA) is 74.0 Å². The zero-order chi connectivity index (χ0) is 15.2. The van der Waals surface area contributed by atoms with Gasteiger partial charge in [-0.05, 0) is 29.8 Å². The van der Waals surface area contributed by atoms with E-state index in [9.17, 15) is 9.59 Å². The molecule has 0 aliphatic rings. The Hall–Kier alpha value is -2.56. The van der Waals surface area contributed by atoms with Gasteiger partial charge in [-0.3, -0.25) is 9.59 Å². The Morgan fingerprint density at radius 2 is 1.86 bits per heavy atom. The molecule has 3 N–H and O–H groups in total. The Balaban J connectivity index is 1.88. The Bertz CT molecular complexity index is 601. The number of nitrogens with one attached hydrogen (secondary N) is 3. The molecule has 5 heteroatoms. The van der Waals surface area contributed by atoms with Gasteiger partial charge in [-0.15, -0.1) is 0 Å². The van der Waals surface area contributed by atoms with E-state index in [4.69, 9.17) is 0 Å². The van der Waals surface area contributed by atoms with Gasteiger partial charge < -0.3 is 15.6 Å². The number of hydrogen-bond acceptors (Lipinski definition) is 2. The highest BCUT2D eigenvalue weighted by Crippen LogP contribution is 2.11. The zero-order valence-corrected chi connectivity index (χ0v) is 12.1. The smallest absolute Gasteiger partial charge is 0.267 e. The first kappa shape index (κ1) is 14.8. The summed E-state index contributed by atoms with van der Waals surface area (Å²) in [5.74, 6) is -0.204. The summed E-state index contributed by atoms with van der Waals surface area (Å²) in [4.78, 5) is 26.2. The second-order valence-corrected chi connectivity index (χ2v) is 5.11. The Morgan fingerprint density at radius 3 is 2.43 bits per heavy atom. The lowest BCUT2D eigenvalue weighted by Crippen LogP contribution is -2.23. The lowest BCUT2D eigenvalue weighted by atomic mass is 10.1. The molecule has 0 radical (unpaired) electrons. The molecule has 21 heavy (non-hydrogen) atoms. The number of anilines is 1. The fourth-order valence-corrected chi connectivity index (χ4v) is 1.74. The van der Waals surface area contributed by atoms with Gasteiger partial charge in [0.2, 0.25) is 5.91 Å². The van der Waals surface area contributed by atoms with E-state index in [1.807, 2.05) is 38.1 Å². The number of hydrogen-bond donors (Lipinski definition) is 3. The number of rotatable bonds is 5. The SMILES string of the molecule is CC(C)C(=O)Nc1ccc(CNC(=O)c2ccc[nH]2)cc1. The van der Waals surface area contributed by atoms with Crippen LogP contribution in [0.2, 0.25) is 0 Å². The first-order chi connectivity index (χ1) is 10.1. The molecule has 0 saturated carbocycles. The van der Waals surface area contributed by atoms with Gasteiger partial charge in [0, 0.05) is 24.3 Å². The van der Waals surface area contributed by atoms with Crippen molar-refractivity contribution in [1.82, 2.24) is 10.3 Å². The number of benzene rings is 1. The summed E-state index contributed by atoms with van der Waals surface area (Å²) in [6, 6.07) is 10.9. The van der Waals surface area contributed by atoms with E-state index in [-0.39, 0.29) is 17.7 Å². The quantitative estimate of drug-likeness (QED) is 0.789. The standard InChI is InChI=1S/C16H19N3O2/c1-11(2)15(20)19-13-7-5-12(6-8-13)10-18-16(21)14-4-3-9-17-14/h3-9,11,17H,10H2,1-2H3,(H,18,21)(H,19,20). The van der Waals surface area contributed by atoms with Crippen LogP contribution in [-0.4, -0.2) is 16.8 Å². The van der Waals surface area contributed by atoms with E-state index in [0.29, 0.717) is 12.2 Å². The van der Waals surface area contributed by atoms with Gasteiger partial charge in [0.25, 0.3) is 5.91 Å². The zero-order valence-electron chi connectivity index (χ0n) is 12.1. The molecule has 1 aromatic carbocycles. The van der Waals surface area contributed by atoms with E-state index in [1.54, 1.807) is 18.3 Å². The van der Waals surface area contributed by atoms with Crippen LogP contribution in [0.1, 0.15) is 29.9 Å². The van der Waals surface area contributed by atoms with Crippen molar-refractivity contribution in [1.29, 1.82) is 0 Å². The molecule has 0 bridgehead atoms. The van der Waals surface area contributed by atoms with Gasteiger partial charge in [0.1, 0.15) is 5.69 Å². The van der Waals surface area contributed by atoms with Crippen LogP contribution in [0.4, 0.5) is 5.69 Å². The molecule has 0 aliphatic carbocycles. The highest BCUT2D eigenvalue weighted by Gasteiger charge is 2.07. The number of aromatic nitrogens is 1. The maximum atomic E-state index is 11.8. The molecule has 0 unspecified atom stereocenters. The largest absolute Gasteiger partial charge is 0.357 e. The maximum Gasteiger partial charge on any atom is 0.267 e. The minimum Gasteiger partial charge on any atom is -0.357 e. The van der Waals surface area contributed by atoms with Crippen LogP contribution in [0, 0.1) is 5.92 Å². The maximum absolute atomic E-state index is 11.8. The van der Waals surface area contributed by atoms with Crippen molar-refractivity contribution in [3.63, 3.8) is 0 Å². The highest BCUT2D eigenvalue weighted by atomic mass is 16.2. The number of carbonyl (C=O) groups is 2. The fraction of sp³-hybridized carbons (Fsp3) is 0.250. The van der Waals surface area contributed by atoms with Crippen molar-refractivity contribution < 1.29 is 9.59 Å². The van der Waals surface area contributed by atoms with E-state index in [0.717, 1.165) is 11.3 Å². The number of carbonyl (C=O) groups excluding carboxylic acids is 2. The van der Waals surface area contributed by atoms with E-state index in [2.05, 4.69) is 15.6 Å². The third-order valence-electron chi connectivity index (χ3n) is 3.04. The summed E-state index contributed by atoms with van der Waals surface area (Å²) in [7, 11) is 0. The molecule has 1 heterocycles. The van der Waals surface area contributed by atoms with Crippen molar-refractivity contribution in [2.24, 2.45) is 5.92 Å². The lowest BCUT2D eigenvalue weighted by molar-refractivity contribution is -0.118. The monoisotopic (exact) mass is 285 g/mol. The summed E-state index contributed by atoms with van der Waals surface area (Å²) in [6.07, 6.45) is 1.71. The number of amides is 2. The predicted molar refractivity (Wildman–Crippen MR) is 81.9 cm³/mol. The molecule has 0 saturated heterocycles. The van der Waals surface area contributed by atoms with Crippen LogP contribution in [0.3, 0.4) is 0 Å². The first-order valence-corrected chi connectivity index (χ1v) is 6.87. The molecule has 0 atom stereocenters. The third kappa shape index (κ3) is 4.21. The van der Waals surface area contributed by atoms with Gasteiger partial charge in [0.15, 0.2) is 0 Å². The van der Waals surface area contributed by atoms with Crippen molar-refractivity contribution in [3.8, 4) is 0 Å². The molecule has 2 amide bonds. The average molecular weight is 285 g/mol. The molecule has 2 rings (SSSR count). The molecule has 5 nitrogen and oxygen atoms in total. The number of aromatic amines is 1. The summed E-state index contributed by atoms with van der Waals surface area (Å²) < 4.78 is 0. The van der Waals surface area contributed by atoms with E-state index in [1.165, 1.54) is 0 Å². The second-order valence-electron chi connectivity index (χ2n) is 5.11. The van der Waals surface area contributed by atoms with E-state index < -0.39 is 0 Å². The molecular formula is C16H19N3O2. The normalized spacial score (nSPS) is 10.4. The van der Waals surface area contributed by atoms with Crippen molar-refractivity contribution in [3.05, 3.63) is 53.9 Å². The van der Waals surface area contributed by atoms with Crippen LogP contribution in [0.15, 0.2) is 42.6 Å². The molecule has 0 aliphatic heterocycles. The van der Waals surface area contributed by atoms with Crippen molar-refractivity contribution in [2.75, 3.05) is 5.32 Å². The van der Waals surface area contributed by atoms with Gasteiger partial charge in [-0.1, -0.05) is 26.0 Å². The summed E-state index contributed by atoms with van der Waals surface area (Å²) in [6.45, 7) is 4.13. The van der Waals surface area contributed by atoms with Crippen LogP contribution >= 0.6 is 0 Å². The van der Waals surface area contributed by atoms with Crippen LogP contribution < -0.4 is 10.6 Å². The minimum absolute atomic E-state index is 0.0113. The molecule has 1 aromatic heterocycles. The second kappa shape index (κ2) is 6.74. The van der Waals surface area contributed by atoms with Crippen molar-refractivity contribution in [2.45, 2.75) is 20.4 Å². The Kier molecular flexibility index (Phi) is 4.77. The molecule has 110 valence electrons. The van der Waals surface area contributed by atoms with Gasteiger partial charge >= 0.3 is 0 Å². The Morgan fingerprint density at radius 1 is 1.14 bits per heavy atom. The van der Waals surface area contributed by atoms with Crippen LogP contribution in [0.5, 0.6) is 0 Å². The number of H-pyrrole nitrogens is 1. The molecule has 2 aromatic rings. The summed E-state index contributed by atoms with van der Waals surface area (Å²) in [5, 5.41) is 5.65. The molecular weight excluding hydrogens is 266 g/mol. The third-order valence-corrected chi connectivity index (χ3v) is 3.04. The predicted octanol–water partition coefficient (Wildman–Crippen LogP) is 2.54. The first-order valence-electron chi connectivity index (χ1n) is 6.87. The van der Waals surface area contributed by atoms with Gasteiger partial charge in [-0.25, -0.2) is 0 Å². The van der Waals surface area contributed by atoms with Crippen LogP contribution in [0.25, 0.3) is 0 Å². The molecule has 0 spiro atoms. The fourth-order valence-electron chi connectivity index (χ4n) is 1.74. The summed E-state index contributed by atoms with van der Waals surface area (Å²) in [5.41, 5.74) is 2.27. The average Bonchev–Trinajstić information content (AvgIpc) is 3.00. The van der Waals surface area contributed by atoms with Gasteiger partial charge in [0.05, 0.1) is 0 Å².